The van der Waals surface area contributed by atoms with Crippen LogP contribution in [-0.2, 0) is 10.0 Å². The Morgan fingerprint density at radius 2 is 1.79 bits per heavy atom. The Labute approximate surface area is 164 Å². The van der Waals surface area contributed by atoms with E-state index in [0.29, 0.717) is 31.1 Å². The monoisotopic (exact) mass is 402 g/mol. The van der Waals surface area contributed by atoms with E-state index in [9.17, 15) is 13.2 Å². The molecule has 28 heavy (non-hydrogen) atoms. The molecule has 2 aliphatic rings. The van der Waals surface area contributed by atoms with Gasteiger partial charge in [-0.25, -0.2) is 13.1 Å². The predicted octanol–water partition coefficient (Wildman–Crippen LogP) is 2.34. The van der Waals surface area contributed by atoms with E-state index in [-0.39, 0.29) is 16.8 Å². The molecule has 2 aromatic carbocycles. The van der Waals surface area contributed by atoms with Gasteiger partial charge in [-0.2, -0.15) is 0 Å². The van der Waals surface area contributed by atoms with Crippen LogP contribution in [0.5, 0.6) is 11.5 Å². The van der Waals surface area contributed by atoms with Crippen LogP contribution in [0.3, 0.4) is 0 Å². The topological polar surface area (TPSA) is 84.9 Å². The fourth-order valence-electron chi connectivity index (χ4n) is 3.68. The summed E-state index contributed by atoms with van der Waals surface area (Å²) in [6, 6.07) is 11.8. The number of sulfonamides is 1. The van der Waals surface area contributed by atoms with Crippen LogP contribution < -0.4 is 14.2 Å². The summed E-state index contributed by atoms with van der Waals surface area (Å²) in [7, 11) is -2.17. The number of hydrogen-bond acceptors (Lipinski definition) is 5. The minimum absolute atomic E-state index is 0.0379. The fraction of sp³-hybridized carbons (Fsp3) is 0.350. The summed E-state index contributed by atoms with van der Waals surface area (Å²) in [4.78, 5) is 15.0. The lowest BCUT2D eigenvalue weighted by Crippen LogP contribution is -2.30. The lowest BCUT2D eigenvalue weighted by molar-refractivity contribution is 0.0735. The third-order valence-corrected chi connectivity index (χ3v) is 6.58. The van der Waals surface area contributed by atoms with Gasteiger partial charge >= 0.3 is 0 Å². The number of nitrogens with one attached hydrogen (secondary N) is 1. The van der Waals surface area contributed by atoms with Crippen molar-refractivity contribution >= 4 is 15.9 Å². The molecule has 7 nitrogen and oxygen atoms in total. The van der Waals surface area contributed by atoms with E-state index < -0.39 is 10.0 Å². The van der Waals surface area contributed by atoms with E-state index in [4.69, 9.17) is 9.47 Å². The number of nitrogens with zero attached hydrogens (tertiary/aromatic N) is 1. The molecule has 0 aliphatic carbocycles. The van der Waals surface area contributed by atoms with Crippen molar-refractivity contribution in [3.05, 3.63) is 53.6 Å². The van der Waals surface area contributed by atoms with Crippen molar-refractivity contribution in [2.24, 2.45) is 0 Å². The molecule has 2 aromatic rings. The molecule has 2 heterocycles. The number of carbonyl (C=O) groups is 1. The molecule has 1 saturated heterocycles. The average Bonchev–Trinajstić information content (AvgIpc) is 3.23. The molecular weight excluding hydrogens is 380 g/mol. The number of carbonyl (C=O) groups excluding carboxylic acids is 1. The lowest BCUT2D eigenvalue weighted by atomic mass is 10.0. The summed E-state index contributed by atoms with van der Waals surface area (Å²) < 4.78 is 37.2. The molecule has 1 atom stereocenters. The van der Waals surface area contributed by atoms with Gasteiger partial charge in [0.25, 0.3) is 5.91 Å². The normalized spacial score (nSPS) is 18.9. The van der Waals surface area contributed by atoms with Gasteiger partial charge in [-0.15, -0.1) is 0 Å². The number of hydrogen-bond donors (Lipinski definition) is 1. The molecule has 0 unspecified atom stereocenters. The number of fused-ring (bicyclic) bond motifs is 1. The van der Waals surface area contributed by atoms with Gasteiger partial charge < -0.3 is 14.4 Å². The highest BCUT2D eigenvalue weighted by Crippen LogP contribution is 2.38. The summed E-state index contributed by atoms with van der Waals surface area (Å²) in [5.41, 5.74) is 1.49. The molecule has 4 rings (SSSR count). The van der Waals surface area contributed by atoms with Crippen LogP contribution in [0, 0.1) is 0 Å². The van der Waals surface area contributed by atoms with Crippen LogP contribution in [0.4, 0.5) is 0 Å². The van der Waals surface area contributed by atoms with Crippen molar-refractivity contribution < 1.29 is 22.7 Å². The van der Waals surface area contributed by atoms with Crippen LogP contribution in [0.2, 0.25) is 0 Å². The Bertz CT molecular complexity index is 988. The predicted molar refractivity (Wildman–Crippen MR) is 103 cm³/mol. The van der Waals surface area contributed by atoms with Crippen LogP contribution in [0.1, 0.15) is 34.8 Å². The highest BCUT2D eigenvalue weighted by Gasteiger charge is 2.31. The zero-order chi connectivity index (χ0) is 19.7. The van der Waals surface area contributed by atoms with Crippen molar-refractivity contribution in [3.8, 4) is 11.5 Å². The molecule has 1 fully saturated rings. The van der Waals surface area contributed by atoms with Gasteiger partial charge in [0.1, 0.15) is 13.2 Å². The smallest absolute Gasteiger partial charge is 0.254 e. The van der Waals surface area contributed by atoms with Crippen molar-refractivity contribution in [3.63, 3.8) is 0 Å². The summed E-state index contributed by atoms with van der Waals surface area (Å²) >= 11 is 0. The summed E-state index contributed by atoms with van der Waals surface area (Å²) in [6.45, 7) is 1.72. The SMILES string of the molecule is CNS(=O)(=O)c1ccc(C(=O)N2CCC[C@@H]2c2ccc3c(c2)OCCO3)cc1. The Morgan fingerprint density at radius 1 is 1.07 bits per heavy atom. The van der Waals surface area contributed by atoms with Gasteiger partial charge in [0.05, 0.1) is 10.9 Å². The maximum absolute atomic E-state index is 13.1. The maximum Gasteiger partial charge on any atom is 0.254 e. The standard InChI is InChI=1S/C20H22N2O5S/c1-21-28(24,25)16-7-4-14(5-8-16)20(23)22-10-2-3-17(22)15-6-9-18-19(13-15)27-12-11-26-18/h4-9,13,17,21H,2-3,10-12H2,1H3/t17-/m1/s1. The minimum atomic E-state index is -3.52. The van der Waals surface area contributed by atoms with E-state index in [1.165, 1.54) is 19.2 Å². The van der Waals surface area contributed by atoms with Crippen molar-refractivity contribution in [2.75, 3.05) is 26.8 Å². The first-order valence-electron chi connectivity index (χ1n) is 9.24. The van der Waals surface area contributed by atoms with E-state index in [1.54, 1.807) is 12.1 Å². The molecule has 0 bridgehead atoms. The van der Waals surface area contributed by atoms with Crippen molar-refractivity contribution in [1.29, 1.82) is 0 Å². The molecule has 148 valence electrons. The third kappa shape index (κ3) is 3.45. The van der Waals surface area contributed by atoms with Gasteiger partial charge in [0, 0.05) is 12.1 Å². The number of likely N-dealkylation sites (tertiary alicyclic amines) is 1. The maximum atomic E-state index is 13.1. The molecule has 2 aliphatic heterocycles. The van der Waals surface area contributed by atoms with Gasteiger partial charge in [0.15, 0.2) is 11.5 Å². The number of benzene rings is 2. The molecule has 0 radical (unpaired) electrons. The Hall–Kier alpha value is -2.58. The second-order valence-corrected chi connectivity index (χ2v) is 8.68. The minimum Gasteiger partial charge on any atom is -0.486 e. The first-order valence-corrected chi connectivity index (χ1v) is 10.7. The second kappa shape index (κ2) is 7.44. The highest BCUT2D eigenvalue weighted by atomic mass is 32.2. The van der Waals surface area contributed by atoms with Crippen LogP contribution in [0.25, 0.3) is 0 Å². The molecule has 0 saturated carbocycles. The molecule has 8 heteroatoms. The molecule has 0 spiro atoms. The molecule has 0 aromatic heterocycles. The zero-order valence-corrected chi connectivity index (χ0v) is 16.4. The van der Waals surface area contributed by atoms with Crippen LogP contribution in [-0.4, -0.2) is 46.0 Å². The zero-order valence-electron chi connectivity index (χ0n) is 15.6. The van der Waals surface area contributed by atoms with E-state index in [0.717, 1.165) is 24.2 Å². The van der Waals surface area contributed by atoms with Crippen molar-refractivity contribution in [2.45, 2.75) is 23.8 Å². The first kappa shape index (κ1) is 18.8. The Kier molecular flexibility index (Phi) is 4.99. The average molecular weight is 402 g/mol. The first-order chi connectivity index (χ1) is 13.5. The highest BCUT2D eigenvalue weighted by molar-refractivity contribution is 7.89. The lowest BCUT2D eigenvalue weighted by Gasteiger charge is -2.27. The number of amides is 1. The Balaban J connectivity index is 1.57. The largest absolute Gasteiger partial charge is 0.486 e. The van der Waals surface area contributed by atoms with Gasteiger partial charge in [-0.05, 0) is 61.9 Å². The number of rotatable bonds is 4. The fourth-order valence-corrected chi connectivity index (χ4v) is 4.41. The summed E-state index contributed by atoms with van der Waals surface area (Å²) in [6.07, 6.45) is 1.79. The molecular formula is C20H22N2O5S. The Morgan fingerprint density at radius 3 is 2.50 bits per heavy atom. The van der Waals surface area contributed by atoms with Gasteiger partial charge in [0.2, 0.25) is 10.0 Å². The van der Waals surface area contributed by atoms with Crippen LogP contribution in [0.15, 0.2) is 47.4 Å². The summed E-state index contributed by atoms with van der Waals surface area (Å²) in [5.74, 6) is 1.34. The van der Waals surface area contributed by atoms with Crippen LogP contribution >= 0.6 is 0 Å². The van der Waals surface area contributed by atoms with Crippen molar-refractivity contribution in [1.82, 2.24) is 9.62 Å². The molecule has 1 N–H and O–H groups in total. The van der Waals surface area contributed by atoms with E-state index in [1.807, 2.05) is 23.1 Å². The quantitative estimate of drug-likeness (QED) is 0.849. The van der Waals surface area contributed by atoms with E-state index in [2.05, 4.69) is 4.72 Å². The third-order valence-electron chi connectivity index (χ3n) is 5.14. The molecule has 1 amide bonds. The van der Waals surface area contributed by atoms with Gasteiger partial charge in [-0.3, -0.25) is 4.79 Å². The summed E-state index contributed by atoms with van der Waals surface area (Å²) in [5, 5.41) is 0. The number of ether oxygens (including phenoxy) is 2. The van der Waals surface area contributed by atoms with Gasteiger partial charge in [-0.1, -0.05) is 6.07 Å². The van der Waals surface area contributed by atoms with E-state index >= 15 is 0 Å². The second-order valence-electron chi connectivity index (χ2n) is 6.79.